The molecular weight excluding hydrogens is 264 g/mol. The Morgan fingerprint density at radius 2 is 1.90 bits per heavy atom. The van der Waals surface area contributed by atoms with E-state index in [2.05, 4.69) is 24.2 Å². The summed E-state index contributed by atoms with van der Waals surface area (Å²) in [5.74, 6) is 0.768. The zero-order valence-electron chi connectivity index (χ0n) is 14.6. The molecule has 1 saturated carbocycles. The van der Waals surface area contributed by atoms with Crippen molar-refractivity contribution in [3.63, 3.8) is 0 Å². The summed E-state index contributed by atoms with van der Waals surface area (Å²) in [7, 11) is 3.66. The molecule has 4 heteroatoms. The molecule has 1 aliphatic carbocycles. The summed E-state index contributed by atoms with van der Waals surface area (Å²) in [4.78, 5) is 14.4. The van der Waals surface area contributed by atoms with E-state index in [0.29, 0.717) is 6.04 Å². The summed E-state index contributed by atoms with van der Waals surface area (Å²) in [6.45, 7) is 7.98. The van der Waals surface area contributed by atoms with E-state index in [4.69, 9.17) is 4.74 Å². The van der Waals surface area contributed by atoms with Gasteiger partial charge in [-0.05, 0) is 58.5 Å². The second-order valence-corrected chi connectivity index (χ2v) is 6.67. The van der Waals surface area contributed by atoms with Gasteiger partial charge >= 0.3 is 5.97 Å². The minimum absolute atomic E-state index is 0.160. The molecule has 0 heterocycles. The number of carbonyl (C=O) groups excluding carboxylic acids is 1. The molecule has 0 bridgehead atoms. The Bertz CT molecular complexity index is 314. The van der Waals surface area contributed by atoms with Crippen molar-refractivity contribution < 1.29 is 9.53 Å². The zero-order valence-corrected chi connectivity index (χ0v) is 14.6. The second kappa shape index (κ2) is 8.74. The third-order valence-electron chi connectivity index (χ3n) is 5.18. The summed E-state index contributed by atoms with van der Waals surface area (Å²) in [6.07, 6.45) is 7.41. The summed E-state index contributed by atoms with van der Waals surface area (Å²) >= 11 is 0. The van der Waals surface area contributed by atoms with Crippen LogP contribution in [-0.2, 0) is 9.53 Å². The molecule has 4 nitrogen and oxygen atoms in total. The molecule has 0 aromatic carbocycles. The number of ether oxygens (including phenoxy) is 1. The van der Waals surface area contributed by atoms with Crippen molar-refractivity contribution in [1.82, 2.24) is 10.2 Å². The lowest BCUT2D eigenvalue weighted by atomic mass is 9.84. The average Bonchev–Trinajstić information content (AvgIpc) is 2.52. The maximum atomic E-state index is 12.0. The standard InChI is InChI=1S/C17H34N2O2/c1-6-14-8-10-15(11-9-14)19(4)13-12-17(3,18-7-2)16(20)21-5/h14-15,18H,6-13H2,1-5H3. The molecule has 0 saturated heterocycles. The summed E-state index contributed by atoms with van der Waals surface area (Å²) < 4.78 is 4.95. The van der Waals surface area contributed by atoms with Crippen molar-refractivity contribution >= 4 is 5.97 Å². The Hall–Kier alpha value is -0.610. The topological polar surface area (TPSA) is 41.6 Å². The predicted molar refractivity (Wildman–Crippen MR) is 87.4 cm³/mol. The van der Waals surface area contributed by atoms with Crippen LogP contribution in [0.5, 0.6) is 0 Å². The van der Waals surface area contributed by atoms with Crippen molar-refractivity contribution in [3.05, 3.63) is 0 Å². The number of carbonyl (C=O) groups is 1. The normalized spacial score (nSPS) is 25.6. The highest BCUT2D eigenvalue weighted by atomic mass is 16.5. The second-order valence-electron chi connectivity index (χ2n) is 6.67. The minimum Gasteiger partial charge on any atom is -0.468 e. The first kappa shape index (κ1) is 18.4. The Morgan fingerprint density at radius 1 is 1.29 bits per heavy atom. The molecule has 1 rings (SSSR count). The summed E-state index contributed by atoms with van der Waals surface area (Å²) in [5, 5.41) is 3.28. The van der Waals surface area contributed by atoms with E-state index in [9.17, 15) is 4.79 Å². The van der Waals surface area contributed by atoms with Crippen molar-refractivity contribution in [1.29, 1.82) is 0 Å². The first-order chi connectivity index (χ1) is 9.96. The zero-order chi connectivity index (χ0) is 15.9. The lowest BCUT2D eigenvalue weighted by molar-refractivity contribution is -0.148. The van der Waals surface area contributed by atoms with Gasteiger partial charge in [0.1, 0.15) is 5.54 Å². The molecule has 0 amide bonds. The van der Waals surface area contributed by atoms with E-state index in [0.717, 1.165) is 25.4 Å². The van der Waals surface area contributed by atoms with Gasteiger partial charge in [0.05, 0.1) is 7.11 Å². The van der Waals surface area contributed by atoms with Gasteiger partial charge in [0, 0.05) is 12.6 Å². The molecule has 0 aromatic rings. The molecule has 1 aliphatic rings. The quantitative estimate of drug-likeness (QED) is 0.700. The average molecular weight is 298 g/mol. The van der Waals surface area contributed by atoms with Crippen LogP contribution < -0.4 is 5.32 Å². The first-order valence-electron chi connectivity index (χ1n) is 8.50. The number of likely N-dealkylation sites (N-methyl/N-ethyl adjacent to an activating group) is 1. The monoisotopic (exact) mass is 298 g/mol. The van der Waals surface area contributed by atoms with Crippen LogP contribution in [0.2, 0.25) is 0 Å². The number of methoxy groups -OCH3 is 1. The van der Waals surface area contributed by atoms with Crippen molar-refractivity contribution in [3.8, 4) is 0 Å². The van der Waals surface area contributed by atoms with E-state index in [1.807, 2.05) is 13.8 Å². The lowest BCUT2D eigenvalue weighted by Crippen LogP contribution is -2.52. The SMILES string of the molecule is CCNC(C)(CCN(C)C1CCC(CC)CC1)C(=O)OC. The Balaban J connectivity index is 2.46. The van der Waals surface area contributed by atoms with E-state index < -0.39 is 5.54 Å². The molecule has 1 N–H and O–H groups in total. The van der Waals surface area contributed by atoms with Crippen LogP contribution in [0, 0.1) is 5.92 Å². The first-order valence-corrected chi connectivity index (χ1v) is 8.50. The highest BCUT2D eigenvalue weighted by molar-refractivity contribution is 5.80. The maximum Gasteiger partial charge on any atom is 0.325 e. The third kappa shape index (κ3) is 5.26. The van der Waals surface area contributed by atoms with Gasteiger partial charge in [-0.2, -0.15) is 0 Å². The van der Waals surface area contributed by atoms with Crippen LogP contribution in [0.3, 0.4) is 0 Å². The highest BCUT2D eigenvalue weighted by Gasteiger charge is 2.34. The van der Waals surface area contributed by atoms with Crippen molar-refractivity contribution in [2.24, 2.45) is 5.92 Å². The Labute approximate surface area is 130 Å². The molecule has 1 unspecified atom stereocenters. The molecule has 0 aromatic heterocycles. The minimum atomic E-state index is -0.571. The summed E-state index contributed by atoms with van der Waals surface area (Å²) in [5.41, 5.74) is -0.571. The van der Waals surface area contributed by atoms with Gasteiger partial charge in [-0.1, -0.05) is 20.3 Å². The molecule has 0 spiro atoms. The Morgan fingerprint density at radius 3 is 2.38 bits per heavy atom. The van der Waals surface area contributed by atoms with Gasteiger partial charge in [0.15, 0.2) is 0 Å². The van der Waals surface area contributed by atoms with Crippen molar-refractivity contribution in [2.45, 2.75) is 70.9 Å². The molecule has 21 heavy (non-hydrogen) atoms. The molecule has 1 fully saturated rings. The van der Waals surface area contributed by atoms with E-state index in [-0.39, 0.29) is 5.97 Å². The lowest BCUT2D eigenvalue weighted by Gasteiger charge is -2.36. The fraction of sp³-hybridized carbons (Fsp3) is 0.941. The van der Waals surface area contributed by atoms with E-state index in [1.54, 1.807) is 0 Å². The number of nitrogens with one attached hydrogen (secondary N) is 1. The summed E-state index contributed by atoms with van der Waals surface area (Å²) in [6, 6.07) is 0.677. The molecule has 0 aliphatic heterocycles. The molecule has 0 radical (unpaired) electrons. The molecule has 124 valence electrons. The van der Waals surface area contributed by atoms with Crippen LogP contribution in [-0.4, -0.2) is 49.7 Å². The third-order valence-corrected chi connectivity index (χ3v) is 5.18. The number of rotatable bonds is 8. The smallest absolute Gasteiger partial charge is 0.325 e. The Kier molecular flexibility index (Phi) is 7.67. The van der Waals surface area contributed by atoms with Crippen LogP contribution >= 0.6 is 0 Å². The maximum absolute atomic E-state index is 12.0. The van der Waals surface area contributed by atoms with Crippen LogP contribution in [0.1, 0.15) is 59.3 Å². The molecule has 1 atom stereocenters. The fourth-order valence-electron chi connectivity index (χ4n) is 3.45. The predicted octanol–water partition coefficient (Wildman–Crippen LogP) is 2.82. The fourth-order valence-corrected chi connectivity index (χ4v) is 3.45. The number of hydrogen-bond acceptors (Lipinski definition) is 4. The van der Waals surface area contributed by atoms with Gasteiger partial charge in [-0.3, -0.25) is 4.79 Å². The van der Waals surface area contributed by atoms with Crippen molar-refractivity contribution in [2.75, 3.05) is 27.2 Å². The van der Waals surface area contributed by atoms with E-state index in [1.165, 1.54) is 39.2 Å². The number of esters is 1. The van der Waals surface area contributed by atoms with E-state index >= 15 is 0 Å². The van der Waals surface area contributed by atoms with Crippen LogP contribution in [0.25, 0.3) is 0 Å². The highest BCUT2D eigenvalue weighted by Crippen LogP contribution is 2.29. The van der Waals surface area contributed by atoms with Gasteiger partial charge < -0.3 is 15.0 Å². The van der Waals surface area contributed by atoms with Gasteiger partial charge in [-0.15, -0.1) is 0 Å². The van der Waals surface area contributed by atoms with Gasteiger partial charge in [-0.25, -0.2) is 0 Å². The largest absolute Gasteiger partial charge is 0.468 e. The number of hydrogen-bond donors (Lipinski definition) is 1. The number of nitrogens with zero attached hydrogens (tertiary/aromatic N) is 1. The van der Waals surface area contributed by atoms with Gasteiger partial charge in [0.25, 0.3) is 0 Å². The van der Waals surface area contributed by atoms with Crippen LogP contribution in [0.15, 0.2) is 0 Å². The van der Waals surface area contributed by atoms with Gasteiger partial charge in [0.2, 0.25) is 0 Å². The van der Waals surface area contributed by atoms with Crippen LogP contribution in [0.4, 0.5) is 0 Å². The molecular formula is C17H34N2O2.